The van der Waals surface area contributed by atoms with Gasteiger partial charge in [-0.25, -0.2) is 0 Å². The number of Topliss-reactive ketones (excluding diaryl/α,β-unsaturated/α-hetero) is 2. The van der Waals surface area contributed by atoms with E-state index in [-0.39, 0.29) is 63.1 Å². The van der Waals surface area contributed by atoms with Crippen LogP contribution in [0.5, 0.6) is 5.75 Å². The van der Waals surface area contributed by atoms with Crippen LogP contribution in [0.3, 0.4) is 0 Å². The Morgan fingerprint density at radius 1 is 1.04 bits per heavy atom. The molecule has 1 aromatic rings. The average Bonchev–Trinajstić information content (AvgIpc) is 3.52. The van der Waals surface area contributed by atoms with Crippen LogP contribution in [0, 0.1) is 39.4 Å². The number of ether oxygens (including phenoxy) is 1. The number of hydrogen-bond donors (Lipinski definition) is 4. The van der Waals surface area contributed by atoms with Gasteiger partial charge in [0.25, 0.3) is 0 Å². The molecule has 1 heterocycles. The van der Waals surface area contributed by atoms with Gasteiger partial charge in [-0.2, -0.15) is 0 Å². The molecule has 0 amide bonds. The fraction of sp³-hybridized carbons (Fsp3) is 0.756. The molecule has 1 saturated heterocycles. The number of aliphatic hydroxyl groups excluding tert-OH is 2. The van der Waals surface area contributed by atoms with Gasteiger partial charge in [0.1, 0.15) is 17.6 Å². The summed E-state index contributed by atoms with van der Waals surface area (Å²) in [5.74, 6) is 0.964. The van der Waals surface area contributed by atoms with Gasteiger partial charge < -0.3 is 25.4 Å². The number of phenols is 1. The van der Waals surface area contributed by atoms with Gasteiger partial charge in [-0.3, -0.25) is 9.59 Å². The number of rotatable bonds is 8. The summed E-state index contributed by atoms with van der Waals surface area (Å²) in [4.78, 5) is 29.7. The number of ketones is 2. The standard InChI is InChI=1S/C41H59NO6/c1-23(17-29(45)34-37(5,6)48-34)32-27-13-14-31-38(7)22-40(25-11-9-12-26(44)18-25)15-10-16-41(27,20-30(32)46)39(31,8)19-28(42-21-24(2)43)33(38)36(3,4)35(40)47/h9,11-12,18,23-24,28-29,31,33-34,42-45H,10,13-17,19-22H2,1-8H3/t23-,24+,28-,29-,31-,33+,34-,38+,39-,40+,41+/m1/s1. The second kappa shape index (κ2) is 11.0. The Hall–Kier alpha value is -2.06. The van der Waals surface area contributed by atoms with Crippen LogP contribution in [0.2, 0.25) is 0 Å². The summed E-state index contributed by atoms with van der Waals surface area (Å²) in [6.45, 7) is 17.6. The number of carbonyl (C=O) groups excluding carboxylic acids is 2. The molecule has 5 bridgehead atoms. The Morgan fingerprint density at radius 3 is 2.40 bits per heavy atom. The summed E-state index contributed by atoms with van der Waals surface area (Å²) in [7, 11) is 0. The Kier molecular flexibility index (Phi) is 7.86. The van der Waals surface area contributed by atoms with Crippen molar-refractivity contribution >= 4 is 11.6 Å². The molecule has 4 saturated carbocycles. The van der Waals surface area contributed by atoms with Crippen LogP contribution >= 0.6 is 0 Å². The highest BCUT2D eigenvalue weighted by atomic mass is 16.6. The van der Waals surface area contributed by atoms with Crippen molar-refractivity contribution in [2.45, 2.75) is 149 Å². The van der Waals surface area contributed by atoms with Crippen molar-refractivity contribution in [1.82, 2.24) is 5.32 Å². The Balaban J connectivity index is 1.40. The van der Waals surface area contributed by atoms with E-state index in [9.17, 15) is 20.1 Å². The SMILES string of the molecule is C[C@H](O)CN[C@@H]1C[C@]2(C)[C@@H]3CCC4=C([C@H](C)C[C@@H](O)[C@H]5OC5(C)C)C(=O)C[C@@]42CCC[C@@]2(c4cccc(O)c4)C[C@]3(C)[C@@H]1C(C)(C)C2=O. The third kappa shape index (κ3) is 4.65. The van der Waals surface area contributed by atoms with Crippen LogP contribution in [0.25, 0.3) is 0 Å². The van der Waals surface area contributed by atoms with Crippen molar-refractivity contribution in [3.8, 4) is 5.75 Å². The number of aromatic hydroxyl groups is 1. The molecule has 7 nitrogen and oxygen atoms in total. The highest BCUT2D eigenvalue weighted by Crippen LogP contribution is 2.77. The van der Waals surface area contributed by atoms with Crippen molar-refractivity contribution in [3.63, 3.8) is 0 Å². The number of aliphatic hydroxyl groups is 2. The Bertz CT molecular complexity index is 1540. The first-order valence-corrected chi connectivity index (χ1v) is 18.7. The molecule has 5 aliphatic carbocycles. The number of phenolic OH excluding ortho intramolecular Hbond substituents is 1. The molecule has 48 heavy (non-hydrogen) atoms. The summed E-state index contributed by atoms with van der Waals surface area (Å²) in [5.41, 5.74) is 0.728. The van der Waals surface area contributed by atoms with Crippen LogP contribution in [0.15, 0.2) is 35.4 Å². The van der Waals surface area contributed by atoms with Gasteiger partial charge in [-0.05, 0) is 118 Å². The minimum absolute atomic E-state index is 0.00561. The predicted molar refractivity (Wildman–Crippen MR) is 185 cm³/mol. The molecule has 0 radical (unpaired) electrons. The molecule has 0 aromatic heterocycles. The lowest BCUT2D eigenvalue weighted by Gasteiger charge is -2.71. The summed E-state index contributed by atoms with van der Waals surface area (Å²) in [6.07, 6.45) is 5.46. The number of nitrogens with one attached hydrogen (secondary N) is 1. The fourth-order valence-corrected chi connectivity index (χ4v) is 13.6. The maximum atomic E-state index is 15.2. The van der Waals surface area contributed by atoms with Crippen molar-refractivity contribution in [2.24, 2.45) is 39.4 Å². The first-order chi connectivity index (χ1) is 22.3. The van der Waals surface area contributed by atoms with Gasteiger partial charge in [-0.1, -0.05) is 58.7 Å². The van der Waals surface area contributed by atoms with E-state index in [4.69, 9.17) is 4.74 Å². The number of epoxide rings is 1. The Labute approximate surface area is 287 Å². The van der Waals surface area contributed by atoms with Gasteiger partial charge >= 0.3 is 0 Å². The maximum absolute atomic E-state index is 15.2. The lowest BCUT2D eigenvalue weighted by molar-refractivity contribution is -0.201. The zero-order chi connectivity index (χ0) is 34.8. The number of allylic oxidation sites excluding steroid dienone is 2. The lowest BCUT2D eigenvalue weighted by Crippen LogP contribution is -2.72. The highest BCUT2D eigenvalue weighted by molar-refractivity contribution is 6.01. The van der Waals surface area contributed by atoms with Gasteiger partial charge in [-0.15, -0.1) is 0 Å². The molecule has 7 heteroatoms. The van der Waals surface area contributed by atoms with Crippen LogP contribution in [0.1, 0.15) is 119 Å². The van der Waals surface area contributed by atoms with E-state index in [1.807, 2.05) is 39.0 Å². The average molecular weight is 662 g/mol. The number of benzene rings is 1. The van der Waals surface area contributed by atoms with E-state index in [1.165, 1.54) is 5.57 Å². The first-order valence-electron chi connectivity index (χ1n) is 18.7. The molecular weight excluding hydrogens is 602 g/mol. The zero-order valence-corrected chi connectivity index (χ0v) is 30.5. The van der Waals surface area contributed by atoms with E-state index in [0.717, 1.165) is 49.7 Å². The molecule has 1 spiro atoms. The van der Waals surface area contributed by atoms with Crippen LogP contribution in [-0.4, -0.2) is 63.4 Å². The van der Waals surface area contributed by atoms with Gasteiger partial charge in [0.15, 0.2) is 5.78 Å². The maximum Gasteiger partial charge on any atom is 0.160 e. The largest absolute Gasteiger partial charge is 0.508 e. The highest BCUT2D eigenvalue weighted by Gasteiger charge is 2.74. The van der Waals surface area contributed by atoms with Gasteiger partial charge in [0.05, 0.1) is 23.2 Å². The van der Waals surface area contributed by atoms with Crippen molar-refractivity contribution in [3.05, 3.63) is 41.0 Å². The van der Waals surface area contributed by atoms with E-state index >= 15 is 4.79 Å². The number of hydrogen-bond acceptors (Lipinski definition) is 7. The van der Waals surface area contributed by atoms with E-state index < -0.39 is 23.0 Å². The Morgan fingerprint density at radius 2 is 1.75 bits per heavy atom. The van der Waals surface area contributed by atoms with Gasteiger partial charge in [0.2, 0.25) is 0 Å². The minimum atomic E-state index is -0.738. The summed E-state index contributed by atoms with van der Waals surface area (Å²) < 4.78 is 5.79. The summed E-state index contributed by atoms with van der Waals surface area (Å²) >= 11 is 0. The minimum Gasteiger partial charge on any atom is -0.508 e. The topological polar surface area (TPSA) is 119 Å². The molecule has 5 fully saturated rings. The molecule has 4 N–H and O–H groups in total. The van der Waals surface area contributed by atoms with Gasteiger partial charge in [0, 0.05) is 29.8 Å². The van der Waals surface area contributed by atoms with Crippen LogP contribution in [0.4, 0.5) is 0 Å². The molecule has 264 valence electrons. The second-order valence-corrected chi connectivity index (χ2v) is 18.7. The van der Waals surface area contributed by atoms with Crippen molar-refractivity contribution in [2.75, 3.05) is 6.54 Å². The normalized spacial score (nSPS) is 42.8. The van der Waals surface area contributed by atoms with Crippen molar-refractivity contribution in [1.29, 1.82) is 0 Å². The fourth-order valence-electron chi connectivity index (χ4n) is 13.6. The third-order valence-electron chi connectivity index (χ3n) is 15.0. The number of fused-ring (bicyclic) bond motifs is 1. The van der Waals surface area contributed by atoms with Crippen LogP contribution in [-0.2, 0) is 19.7 Å². The van der Waals surface area contributed by atoms with Crippen LogP contribution < -0.4 is 5.32 Å². The van der Waals surface area contributed by atoms with Crippen molar-refractivity contribution < 1.29 is 29.6 Å². The summed E-state index contributed by atoms with van der Waals surface area (Å²) in [5, 5.41) is 36.1. The molecule has 1 aliphatic heterocycles. The molecule has 1 aromatic carbocycles. The van der Waals surface area contributed by atoms with E-state index in [1.54, 1.807) is 6.07 Å². The van der Waals surface area contributed by atoms with E-state index in [2.05, 4.69) is 39.9 Å². The molecule has 7 rings (SSSR count). The molecular formula is C41H59NO6. The quantitative estimate of drug-likeness (QED) is 0.238. The smallest absolute Gasteiger partial charge is 0.160 e. The second-order valence-electron chi connectivity index (χ2n) is 18.7. The molecule has 6 aliphatic rings. The molecule has 0 unspecified atom stereocenters. The van der Waals surface area contributed by atoms with E-state index in [0.29, 0.717) is 31.7 Å². The summed E-state index contributed by atoms with van der Waals surface area (Å²) in [6, 6.07) is 7.43. The number of carbonyl (C=O) groups is 2. The first kappa shape index (κ1) is 34.4. The zero-order valence-electron chi connectivity index (χ0n) is 30.5. The third-order valence-corrected chi connectivity index (χ3v) is 15.0. The predicted octanol–water partition coefficient (Wildman–Crippen LogP) is 6.41. The molecule has 11 atom stereocenters. The lowest BCUT2D eigenvalue weighted by atomic mass is 9.33. The monoisotopic (exact) mass is 661 g/mol.